The fourth-order valence-electron chi connectivity index (χ4n) is 3.86. The Morgan fingerprint density at radius 1 is 1.11 bits per heavy atom. The molecule has 2 nitrogen and oxygen atoms in total. The molecule has 0 saturated heterocycles. The molecule has 0 aromatic rings. The van der Waals surface area contributed by atoms with Crippen LogP contribution in [0, 0.1) is 11.3 Å². The van der Waals surface area contributed by atoms with Crippen molar-refractivity contribution in [2.45, 2.75) is 70.8 Å². The normalized spacial score (nSPS) is 26.2. The second kappa shape index (κ2) is 6.13. The van der Waals surface area contributed by atoms with Crippen LogP contribution in [0.2, 0.25) is 0 Å². The van der Waals surface area contributed by atoms with Gasteiger partial charge in [0.2, 0.25) is 0 Å². The molecule has 0 radical (unpaired) electrons. The predicted molar refractivity (Wildman–Crippen MR) is 81.4 cm³/mol. The summed E-state index contributed by atoms with van der Waals surface area (Å²) in [7, 11) is 0. The summed E-state index contributed by atoms with van der Waals surface area (Å²) in [5, 5.41) is 3.83. The Morgan fingerprint density at radius 3 is 2.42 bits per heavy atom. The number of rotatable bonds is 9. The summed E-state index contributed by atoms with van der Waals surface area (Å²) < 4.78 is 0. The lowest BCUT2D eigenvalue weighted by atomic mass is 9.85. The molecule has 0 atom stereocenters. The molecule has 0 spiro atoms. The first kappa shape index (κ1) is 13.9. The first-order valence-corrected chi connectivity index (χ1v) is 8.75. The highest BCUT2D eigenvalue weighted by Crippen LogP contribution is 2.40. The molecule has 0 amide bonds. The molecule has 3 rings (SSSR count). The highest BCUT2D eigenvalue weighted by molar-refractivity contribution is 4.93. The molecule has 0 unspecified atom stereocenters. The van der Waals surface area contributed by atoms with E-state index in [-0.39, 0.29) is 0 Å². The van der Waals surface area contributed by atoms with Crippen molar-refractivity contribution in [3.63, 3.8) is 0 Å². The summed E-state index contributed by atoms with van der Waals surface area (Å²) >= 11 is 0. The smallest absolute Gasteiger partial charge is 0.00684 e. The fraction of sp³-hybridized carbons (Fsp3) is 1.00. The van der Waals surface area contributed by atoms with Crippen LogP contribution in [0.3, 0.4) is 0 Å². The van der Waals surface area contributed by atoms with Crippen molar-refractivity contribution in [2.75, 3.05) is 26.2 Å². The minimum absolute atomic E-state index is 0.618. The van der Waals surface area contributed by atoms with E-state index in [0.29, 0.717) is 5.41 Å². The molecule has 3 fully saturated rings. The highest BCUT2D eigenvalue weighted by Gasteiger charge is 2.37. The zero-order valence-electron chi connectivity index (χ0n) is 12.8. The molecule has 3 saturated carbocycles. The van der Waals surface area contributed by atoms with E-state index in [9.17, 15) is 0 Å². The Balaban J connectivity index is 1.53. The maximum Gasteiger partial charge on any atom is 0.00684 e. The topological polar surface area (TPSA) is 15.3 Å². The number of nitrogens with one attached hydrogen (secondary N) is 1. The minimum atomic E-state index is 0.618. The lowest BCUT2D eigenvalue weighted by molar-refractivity contribution is 0.143. The largest absolute Gasteiger partial charge is 0.313 e. The van der Waals surface area contributed by atoms with Crippen LogP contribution in [0.5, 0.6) is 0 Å². The minimum Gasteiger partial charge on any atom is -0.313 e. The van der Waals surface area contributed by atoms with Gasteiger partial charge in [-0.3, -0.25) is 0 Å². The SMILES string of the molecule is CCCN(CC1CC1)CC1(CNC2CC2)CCCC1. The summed E-state index contributed by atoms with van der Waals surface area (Å²) in [5.74, 6) is 1.04. The van der Waals surface area contributed by atoms with Gasteiger partial charge in [0.25, 0.3) is 0 Å². The van der Waals surface area contributed by atoms with E-state index in [1.807, 2.05) is 0 Å². The van der Waals surface area contributed by atoms with Crippen LogP contribution in [-0.2, 0) is 0 Å². The molecule has 1 N–H and O–H groups in total. The van der Waals surface area contributed by atoms with Gasteiger partial charge in [-0.2, -0.15) is 0 Å². The summed E-state index contributed by atoms with van der Waals surface area (Å²) in [6.45, 7) is 7.71. The third-order valence-corrected chi connectivity index (χ3v) is 5.32. The molecule has 110 valence electrons. The molecule has 2 heteroatoms. The Labute approximate surface area is 119 Å². The van der Waals surface area contributed by atoms with E-state index in [2.05, 4.69) is 17.1 Å². The molecule has 0 aromatic heterocycles. The van der Waals surface area contributed by atoms with Gasteiger partial charge in [-0.25, -0.2) is 0 Å². The molecule has 19 heavy (non-hydrogen) atoms. The third kappa shape index (κ3) is 4.19. The van der Waals surface area contributed by atoms with E-state index in [1.165, 1.54) is 84.0 Å². The van der Waals surface area contributed by atoms with Gasteiger partial charge in [0.15, 0.2) is 0 Å². The zero-order chi connectivity index (χ0) is 13.1. The molecule has 3 aliphatic rings. The van der Waals surface area contributed by atoms with Gasteiger partial charge in [-0.15, -0.1) is 0 Å². The first-order valence-electron chi connectivity index (χ1n) is 8.75. The maximum atomic E-state index is 3.83. The van der Waals surface area contributed by atoms with E-state index in [0.717, 1.165) is 12.0 Å². The predicted octanol–water partition coefficient (Wildman–Crippen LogP) is 3.42. The van der Waals surface area contributed by atoms with Crippen LogP contribution < -0.4 is 5.32 Å². The number of hydrogen-bond donors (Lipinski definition) is 1. The van der Waals surface area contributed by atoms with Gasteiger partial charge in [0, 0.05) is 25.7 Å². The quantitative estimate of drug-likeness (QED) is 0.686. The number of nitrogens with zero attached hydrogens (tertiary/aromatic N) is 1. The Morgan fingerprint density at radius 2 is 1.84 bits per heavy atom. The molecular formula is C17H32N2. The number of hydrogen-bond acceptors (Lipinski definition) is 2. The Hall–Kier alpha value is -0.0800. The summed E-state index contributed by atoms with van der Waals surface area (Å²) in [4.78, 5) is 2.80. The summed E-state index contributed by atoms with van der Waals surface area (Å²) in [5.41, 5.74) is 0.618. The highest BCUT2D eigenvalue weighted by atomic mass is 15.1. The second-order valence-corrected chi connectivity index (χ2v) is 7.54. The molecule has 0 heterocycles. The molecule has 0 aromatic carbocycles. The zero-order valence-corrected chi connectivity index (χ0v) is 12.8. The van der Waals surface area contributed by atoms with Crippen molar-refractivity contribution in [1.82, 2.24) is 10.2 Å². The van der Waals surface area contributed by atoms with Gasteiger partial charge in [0.05, 0.1) is 0 Å². The van der Waals surface area contributed by atoms with Crippen molar-refractivity contribution < 1.29 is 0 Å². The van der Waals surface area contributed by atoms with Crippen molar-refractivity contribution in [1.29, 1.82) is 0 Å². The van der Waals surface area contributed by atoms with Gasteiger partial charge in [-0.1, -0.05) is 19.8 Å². The van der Waals surface area contributed by atoms with Crippen LogP contribution >= 0.6 is 0 Å². The Bertz CT molecular complexity index is 275. The Kier molecular flexibility index (Phi) is 4.48. The van der Waals surface area contributed by atoms with Crippen molar-refractivity contribution in [3.8, 4) is 0 Å². The van der Waals surface area contributed by atoms with E-state index < -0.39 is 0 Å². The molecule has 0 bridgehead atoms. The monoisotopic (exact) mass is 264 g/mol. The van der Waals surface area contributed by atoms with Crippen LogP contribution in [0.1, 0.15) is 64.7 Å². The van der Waals surface area contributed by atoms with Crippen LogP contribution in [0.25, 0.3) is 0 Å². The third-order valence-electron chi connectivity index (χ3n) is 5.32. The molecule has 3 aliphatic carbocycles. The van der Waals surface area contributed by atoms with Crippen molar-refractivity contribution in [2.24, 2.45) is 11.3 Å². The van der Waals surface area contributed by atoms with Crippen LogP contribution in [0.15, 0.2) is 0 Å². The molecule has 0 aliphatic heterocycles. The van der Waals surface area contributed by atoms with Gasteiger partial charge >= 0.3 is 0 Å². The summed E-state index contributed by atoms with van der Waals surface area (Å²) in [6.07, 6.45) is 13.0. The van der Waals surface area contributed by atoms with E-state index in [4.69, 9.17) is 0 Å². The van der Waals surface area contributed by atoms with E-state index >= 15 is 0 Å². The lowest BCUT2D eigenvalue weighted by Gasteiger charge is -2.36. The van der Waals surface area contributed by atoms with Crippen LogP contribution in [0.4, 0.5) is 0 Å². The fourth-order valence-corrected chi connectivity index (χ4v) is 3.86. The summed E-state index contributed by atoms with van der Waals surface area (Å²) in [6, 6.07) is 0.875. The lowest BCUT2D eigenvalue weighted by Crippen LogP contribution is -2.44. The van der Waals surface area contributed by atoms with Gasteiger partial charge < -0.3 is 10.2 Å². The van der Waals surface area contributed by atoms with Crippen molar-refractivity contribution in [3.05, 3.63) is 0 Å². The van der Waals surface area contributed by atoms with Crippen LogP contribution in [-0.4, -0.2) is 37.1 Å². The average molecular weight is 264 g/mol. The maximum absolute atomic E-state index is 3.83. The second-order valence-electron chi connectivity index (χ2n) is 7.54. The average Bonchev–Trinajstić information content (AvgIpc) is 3.30. The van der Waals surface area contributed by atoms with Crippen molar-refractivity contribution >= 4 is 0 Å². The van der Waals surface area contributed by atoms with Gasteiger partial charge in [-0.05, 0) is 62.8 Å². The molecular weight excluding hydrogens is 232 g/mol. The first-order chi connectivity index (χ1) is 9.30. The van der Waals surface area contributed by atoms with Gasteiger partial charge in [0.1, 0.15) is 0 Å². The van der Waals surface area contributed by atoms with E-state index in [1.54, 1.807) is 0 Å². The standard InChI is InChI=1S/C17H32N2/c1-2-11-19(12-15-5-6-15)14-17(9-3-4-10-17)13-18-16-7-8-16/h15-16,18H,2-14H2,1H3.